The van der Waals surface area contributed by atoms with E-state index in [4.69, 9.17) is 14.2 Å². The Kier molecular flexibility index (Phi) is 18.2. The van der Waals surface area contributed by atoms with Gasteiger partial charge in [-0.1, -0.05) is 76.8 Å². The second-order valence-corrected chi connectivity index (χ2v) is 14.2. The predicted molar refractivity (Wildman–Crippen MR) is 196 cm³/mol. The Morgan fingerprint density at radius 2 is 1.63 bits per heavy atom. The second-order valence-electron chi connectivity index (χ2n) is 14.2. The number of nitrogens with zero attached hydrogens (tertiary/aromatic N) is 1. The van der Waals surface area contributed by atoms with E-state index in [9.17, 15) is 39.3 Å². The van der Waals surface area contributed by atoms with Gasteiger partial charge < -0.3 is 34.4 Å². The number of hydrogen-bond donors (Lipinski definition) is 3. The van der Waals surface area contributed by atoms with Gasteiger partial charge in [0.2, 0.25) is 5.79 Å². The fourth-order valence-electron chi connectivity index (χ4n) is 6.73. The summed E-state index contributed by atoms with van der Waals surface area (Å²) in [7, 11) is 2.91. The molecule has 2 rings (SSSR count). The van der Waals surface area contributed by atoms with Crippen LogP contribution in [0.2, 0.25) is 0 Å². The molecule has 1 amide bonds. The highest BCUT2D eigenvalue weighted by Crippen LogP contribution is 2.36. The van der Waals surface area contributed by atoms with Crippen molar-refractivity contribution in [3.8, 4) is 0 Å². The number of allylic oxidation sites excluding steroid dienone is 7. The van der Waals surface area contributed by atoms with Crippen molar-refractivity contribution in [2.45, 2.75) is 116 Å². The van der Waals surface area contributed by atoms with Crippen LogP contribution in [0.1, 0.15) is 79.6 Å². The number of carboxylic acids is 1. The lowest BCUT2D eigenvalue weighted by atomic mass is 9.85. The molecule has 0 unspecified atom stereocenters. The van der Waals surface area contributed by atoms with E-state index in [2.05, 4.69) is 6.58 Å². The Morgan fingerprint density at radius 3 is 2.23 bits per heavy atom. The minimum Gasteiger partial charge on any atom is -0.480 e. The van der Waals surface area contributed by atoms with Crippen molar-refractivity contribution in [2.75, 3.05) is 20.8 Å². The van der Waals surface area contributed by atoms with E-state index >= 15 is 0 Å². The third kappa shape index (κ3) is 12.3. The van der Waals surface area contributed by atoms with Crippen LogP contribution in [-0.4, -0.2) is 106 Å². The highest BCUT2D eigenvalue weighted by atomic mass is 16.6. The fraction of sp³-hybridized carbons (Fsp3) is 0.625. The Bertz CT molecular complexity index is 1380. The monoisotopic (exact) mass is 729 g/mol. The maximum absolute atomic E-state index is 13.3. The molecule has 0 aromatic heterocycles. The van der Waals surface area contributed by atoms with Crippen molar-refractivity contribution < 1.29 is 53.5 Å². The lowest BCUT2D eigenvalue weighted by Crippen LogP contribution is -2.60. The maximum Gasteiger partial charge on any atom is 0.326 e. The number of piperidine rings is 1. The predicted octanol–water partition coefficient (Wildman–Crippen LogP) is 4.54. The number of hydrogen-bond acceptors (Lipinski definition) is 10. The van der Waals surface area contributed by atoms with Crippen LogP contribution in [-0.2, 0) is 38.2 Å². The summed E-state index contributed by atoms with van der Waals surface area (Å²) in [5.74, 6) is -7.62. The molecule has 10 atom stereocenters. The first-order valence-corrected chi connectivity index (χ1v) is 18.1. The molecule has 0 saturated carbocycles. The largest absolute Gasteiger partial charge is 0.480 e. The molecule has 2 aliphatic heterocycles. The SMILES string of the molecule is C=CC(=O)[C@H](C)/C=C(\C)[C@@H](O)[C@@H](OC)C(=O)[C@H](C)C[C@H](C)/C=C/C=C/C=C/[C@H](C[C@@H]1CC[C@@H](C)[C@](O)(C(=O)C(=O)N2CCCC[C@H]2C(=O)O)O1)OC. The standard InChI is InChI=1S/C40H59NO11/c1-9-33(42)26(3)23-28(5)35(44)36(51-8)34(43)27(4)22-25(2)16-12-10-11-13-17-30(50-7)24-31-20-19-29(6)40(49,52-31)37(45)38(46)41-21-15-14-18-32(41)39(47)48/h9-13,16-17,23,25-27,29-32,35-36,44,49H,1,14-15,18-22,24H2,2-8H3,(H,47,48)/b11-10+,16-12+,17-13+,28-23+/t25-,26-,27-,29-,30-,31+,32+,35-,36+,40-/m1/s1. The van der Waals surface area contributed by atoms with Gasteiger partial charge in [0.15, 0.2) is 11.6 Å². The van der Waals surface area contributed by atoms with E-state index in [-0.39, 0.29) is 30.4 Å². The number of ketones is 3. The molecule has 0 aromatic carbocycles. The summed E-state index contributed by atoms with van der Waals surface area (Å²) >= 11 is 0. The number of carbonyl (C=O) groups is 5. The number of carbonyl (C=O) groups excluding carboxylic acids is 4. The highest BCUT2D eigenvalue weighted by molar-refractivity contribution is 6.39. The summed E-state index contributed by atoms with van der Waals surface area (Å²) in [5, 5.41) is 31.7. The molecule has 0 bridgehead atoms. The van der Waals surface area contributed by atoms with Crippen molar-refractivity contribution in [2.24, 2.45) is 23.7 Å². The zero-order valence-corrected chi connectivity index (χ0v) is 31.7. The first kappa shape index (κ1) is 44.6. The Morgan fingerprint density at radius 1 is 0.981 bits per heavy atom. The zero-order chi connectivity index (χ0) is 39.2. The summed E-state index contributed by atoms with van der Waals surface area (Å²) in [4.78, 5) is 64.2. The van der Waals surface area contributed by atoms with Crippen molar-refractivity contribution in [3.63, 3.8) is 0 Å². The molecular weight excluding hydrogens is 670 g/mol. The number of ether oxygens (including phenoxy) is 3. The minimum atomic E-state index is -2.36. The molecule has 0 spiro atoms. The molecule has 52 heavy (non-hydrogen) atoms. The quantitative estimate of drug-likeness (QED) is 0.0694. The number of methoxy groups -OCH3 is 2. The summed E-state index contributed by atoms with van der Waals surface area (Å²) in [6, 6.07) is -1.11. The first-order valence-electron chi connectivity index (χ1n) is 18.1. The summed E-state index contributed by atoms with van der Waals surface area (Å²) in [6.45, 7) is 12.4. The van der Waals surface area contributed by atoms with E-state index in [1.54, 1.807) is 39.8 Å². The number of Topliss-reactive ketones (excluding diaryl/α,β-unsaturated/α-hetero) is 2. The third-order valence-corrected chi connectivity index (χ3v) is 10.1. The van der Waals surface area contributed by atoms with Gasteiger partial charge in [0.25, 0.3) is 11.7 Å². The van der Waals surface area contributed by atoms with Crippen molar-refractivity contribution in [1.82, 2.24) is 4.90 Å². The summed E-state index contributed by atoms with van der Waals surface area (Å²) in [5.41, 5.74) is 0.478. The van der Waals surface area contributed by atoms with Crippen LogP contribution in [0.15, 0.2) is 60.8 Å². The average molecular weight is 730 g/mol. The molecule has 3 N–H and O–H groups in total. The molecule has 2 fully saturated rings. The Balaban J connectivity index is 1.94. The first-order chi connectivity index (χ1) is 24.5. The lowest BCUT2D eigenvalue weighted by Gasteiger charge is -2.42. The molecule has 0 radical (unpaired) electrons. The van der Waals surface area contributed by atoms with Gasteiger partial charge in [-0.25, -0.2) is 4.79 Å². The van der Waals surface area contributed by atoms with Crippen molar-refractivity contribution >= 4 is 29.2 Å². The maximum atomic E-state index is 13.3. The van der Waals surface area contributed by atoms with Crippen LogP contribution in [0.4, 0.5) is 0 Å². The molecule has 290 valence electrons. The number of likely N-dealkylation sites (tertiary alicyclic amines) is 1. The van der Waals surface area contributed by atoms with Crippen LogP contribution in [0.3, 0.4) is 0 Å². The van der Waals surface area contributed by atoms with Crippen LogP contribution in [0, 0.1) is 23.7 Å². The number of aliphatic hydroxyl groups is 2. The van der Waals surface area contributed by atoms with Crippen molar-refractivity contribution in [1.29, 1.82) is 0 Å². The van der Waals surface area contributed by atoms with E-state index in [1.165, 1.54) is 20.3 Å². The Labute approximate surface area is 308 Å². The number of rotatable bonds is 20. The highest BCUT2D eigenvalue weighted by Gasteiger charge is 2.52. The van der Waals surface area contributed by atoms with E-state index in [0.29, 0.717) is 44.1 Å². The van der Waals surface area contributed by atoms with Gasteiger partial charge in [-0.05, 0) is 63.0 Å². The van der Waals surface area contributed by atoms with Crippen LogP contribution in [0.25, 0.3) is 0 Å². The number of carboxylic acid groups (broad SMARTS) is 1. The smallest absolute Gasteiger partial charge is 0.326 e. The molecule has 2 saturated heterocycles. The normalized spacial score (nSPS) is 26.5. The molecule has 12 heteroatoms. The van der Waals surface area contributed by atoms with Crippen LogP contribution < -0.4 is 0 Å². The lowest BCUT2D eigenvalue weighted by molar-refractivity contribution is -0.265. The van der Waals surface area contributed by atoms with Crippen LogP contribution >= 0.6 is 0 Å². The molecule has 2 heterocycles. The molecular formula is C40H59NO11. The minimum absolute atomic E-state index is 0.0416. The average Bonchev–Trinajstić information content (AvgIpc) is 3.12. The topological polar surface area (TPSA) is 177 Å². The number of aliphatic hydroxyl groups excluding tert-OH is 1. The molecule has 2 aliphatic rings. The van der Waals surface area contributed by atoms with Gasteiger partial charge in [-0.3, -0.25) is 19.2 Å². The van der Waals surface area contributed by atoms with Gasteiger partial charge >= 0.3 is 5.97 Å². The second kappa shape index (κ2) is 21.2. The van der Waals surface area contributed by atoms with Crippen molar-refractivity contribution in [3.05, 3.63) is 60.8 Å². The van der Waals surface area contributed by atoms with Gasteiger partial charge in [0.1, 0.15) is 18.2 Å². The van der Waals surface area contributed by atoms with E-state index in [1.807, 2.05) is 37.3 Å². The van der Waals surface area contributed by atoms with Gasteiger partial charge in [0.05, 0.1) is 12.2 Å². The van der Waals surface area contributed by atoms with Crippen LogP contribution in [0.5, 0.6) is 0 Å². The number of aliphatic carboxylic acids is 1. The molecule has 12 nitrogen and oxygen atoms in total. The van der Waals surface area contributed by atoms with E-state index in [0.717, 1.165) is 4.90 Å². The van der Waals surface area contributed by atoms with Gasteiger partial charge in [0, 0.05) is 44.9 Å². The fourth-order valence-corrected chi connectivity index (χ4v) is 6.73. The van der Waals surface area contributed by atoms with Gasteiger partial charge in [-0.15, -0.1) is 0 Å². The zero-order valence-electron chi connectivity index (χ0n) is 31.7. The summed E-state index contributed by atoms with van der Waals surface area (Å²) < 4.78 is 16.9. The number of amides is 1. The van der Waals surface area contributed by atoms with E-state index < -0.39 is 71.7 Å². The summed E-state index contributed by atoms with van der Waals surface area (Å²) in [6.07, 6.45) is 14.0. The Hall–Kier alpha value is -3.55. The molecule has 0 aliphatic carbocycles. The third-order valence-electron chi connectivity index (χ3n) is 10.1. The van der Waals surface area contributed by atoms with Gasteiger partial charge in [-0.2, -0.15) is 0 Å². The molecule has 0 aromatic rings.